The van der Waals surface area contributed by atoms with Crippen LogP contribution in [0.4, 0.5) is 0 Å². The molecule has 0 amide bonds. The molecule has 2 fully saturated rings. The maximum atomic E-state index is 9.10. The van der Waals surface area contributed by atoms with Crippen molar-refractivity contribution in [3.05, 3.63) is 29.0 Å². The molecule has 3 N–H and O–H groups in total. The van der Waals surface area contributed by atoms with Crippen molar-refractivity contribution in [2.45, 2.75) is 43.7 Å². The van der Waals surface area contributed by atoms with Crippen molar-refractivity contribution in [1.29, 1.82) is 0 Å². The molecule has 2 unspecified atom stereocenters. The number of pyridine rings is 1. The second-order valence-electron chi connectivity index (χ2n) is 5.26. The summed E-state index contributed by atoms with van der Waals surface area (Å²) in [7, 11) is 0. The number of fused-ring (bicyclic) bond motifs is 2. The summed E-state index contributed by atoms with van der Waals surface area (Å²) in [6.45, 7) is 0. The molecule has 0 aromatic carbocycles. The Morgan fingerprint density at radius 2 is 1.81 bits per heavy atom. The SMILES string of the molecule is Clc1ccc([C@H]2CCC3CCC2N3)cn1.O=C(O)C(=O)O. The average molecular weight is 313 g/mol. The average Bonchev–Trinajstić information content (AvgIpc) is 2.83. The van der Waals surface area contributed by atoms with Crippen molar-refractivity contribution in [3.8, 4) is 0 Å². The van der Waals surface area contributed by atoms with Crippen LogP contribution in [0.3, 0.4) is 0 Å². The summed E-state index contributed by atoms with van der Waals surface area (Å²) in [5, 5.41) is 19.1. The van der Waals surface area contributed by atoms with Crippen LogP contribution in [0.2, 0.25) is 5.15 Å². The van der Waals surface area contributed by atoms with Crippen molar-refractivity contribution < 1.29 is 19.8 Å². The molecule has 0 aliphatic carbocycles. The van der Waals surface area contributed by atoms with Gasteiger partial charge in [-0.3, -0.25) is 0 Å². The van der Waals surface area contributed by atoms with Crippen LogP contribution in [0.15, 0.2) is 18.3 Å². The molecular formula is C14H17ClN2O4. The van der Waals surface area contributed by atoms with Crippen LogP contribution in [0.5, 0.6) is 0 Å². The zero-order valence-electron chi connectivity index (χ0n) is 11.3. The van der Waals surface area contributed by atoms with E-state index in [0.717, 1.165) is 6.04 Å². The van der Waals surface area contributed by atoms with Crippen molar-refractivity contribution in [3.63, 3.8) is 0 Å². The maximum absolute atomic E-state index is 9.10. The minimum atomic E-state index is -1.82. The minimum absolute atomic E-state index is 0.590. The van der Waals surface area contributed by atoms with Crippen LogP contribution in [0.1, 0.15) is 37.2 Å². The number of aliphatic carboxylic acids is 2. The Hall–Kier alpha value is -1.66. The lowest BCUT2D eigenvalue weighted by molar-refractivity contribution is -0.159. The van der Waals surface area contributed by atoms with Gasteiger partial charge in [0.1, 0.15) is 5.15 Å². The van der Waals surface area contributed by atoms with E-state index in [1.54, 1.807) is 0 Å². The molecule has 0 saturated carbocycles. The van der Waals surface area contributed by atoms with Gasteiger partial charge in [0, 0.05) is 24.2 Å². The van der Waals surface area contributed by atoms with E-state index in [0.29, 0.717) is 17.1 Å². The van der Waals surface area contributed by atoms with E-state index in [2.05, 4.69) is 16.4 Å². The van der Waals surface area contributed by atoms with Crippen molar-refractivity contribution in [2.24, 2.45) is 0 Å². The first kappa shape index (κ1) is 15.7. The third kappa shape index (κ3) is 4.15. The van der Waals surface area contributed by atoms with E-state index in [9.17, 15) is 0 Å². The fourth-order valence-electron chi connectivity index (χ4n) is 2.98. The number of nitrogens with one attached hydrogen (secondary N) is 1. The summed E-state index contributed by atoms with van der Waals surface area (Å²) in [4.78, 5) is 22.4. The van der Waals surface area contributed by atoms with E-state index >= 15 is 0 Å². The third-order valence-corrected chi connectivity index (χ3v) is 4.17. The summed E-state index contributed by atoms with van der Waals surface area (Å²) >= 11 is 5.80. The van der Waals surface area contributed by atoms with Crippen LogP contribution in [-0.4, -0.2) is 39.2 Å². The smallest absolute Gasteiger partial charge is 0.414 e. The van der Waals surface area contributed by atoms with E-state index in [1.807, 2.05) is 12.3 Å². The molecule has 21 heavy (non-hydrogen) atoms. The third-order valence-electron chi connectivity index (χ3n) is 3.95. The molecule has 7 heteroatoms. The molecule has 2 aliphatic heterocycles. The Kier molecular flexibility index (Phi) is 5.14. The summed E-state index contributed by atoms with van der Waals surface area (Å²) in [6.07, 6.45) is 7.21. The zero-order chi connectivity index (χ0) is 15.4. The number of hydrogen-bond acceptors (Lipinski definition) is 4. The number of carboxylic acid groups (broad SMARTS) is 2. The lowest BCUT2D eigenvalue weighted by Gasteiger charge is -2.30. The lowest BCUT2D eigenvalue weighted by atomic mass is 9.86. The van der Waals surface area contributed by atoms with E-state index in [4.69, 9.17) is 31.4 Å². The number of halogens is 1. The quantitative estimate of drug-likeness (QED) is 0.541. The van der Waals surface area contributed by atoms with Gasteiger partial charge in [0.15, 0.2) is 0 Å². The molecule has 1 aromatic rings. The van der Waals surface area contributed by atoms with Gasteiger partial charge in [0.2, 0.25) is 0 Å². The van der Waals surface area contributed by atoms with Crippen molar-refractivity contribution >= 4 is 23.5 Å². The Labute approximate surface area is 127 Å². The van der Waals surface area contributed by atoms with Gasteiger partial charge < -0.3 is 15.5 Å². The molecule has 6 nitrogen and oxygen atoms in total. The van der Waals surface area contributed by atoms with E-state index < -0.39 is 11.9 Å². The van der Waals surface area contributed by atoms with Crippen LogP contribution in [-0.2, 0) is 9.59 Å². The maximum Gasteiger partial charge on any atom is 0.414 e. The summed E-state index contributed by atoms with van der Waals surface area (Å²) in [5.74, 6) is -3.00. The Balaban J connectivity index is 0.000000232. The fourth-order valence-corrected chi connectivity index (χ4v) is 3.09. The monoisotopic (exact) mass is 312 g/mol. The Morgan fingerprint density at radius 1 is 1.14 bits per heavy atom. The van der Waals surface area contributed by atoms with Gasteiger partial charge in [0.05, 0.1) is 0 Å². The highest BCUT2D eigenvalue weighted by Gasteiger charge is 2.35. The van der Waals surface area contributed by atoms with E-state index in [1.165, 1.54) is 31.2 Å². The number of nitrogens with zero attached hydrogens (tertiary/aromatic N) is 1. The second-order valence-corrected chi connectivity index (χ2v) is 5.64. The molecule has 3 heterocycles. The topological polar surface area (TPSA) is 99.5 Å². The largest absolute Gasteiger partial charge is 0.473 e. The zero-order valence-corrected chi connectivity index (χ0v) is 12.1. The summed E-state index contributed by atoms with van der Waals surface area (Å²) < 4.78 is 0. The number of piperidine rings is 1. The number of carbonyl (C=O) groups is 2. The molecule has 2 saturated heterocycles. The van der Waals surface area contributed by atoms with Crippen LogP contribution >= 0.6 is 11.6 Å². The van der Waals surface area contributed by atoms with Gasteiger partial charge >= 0.3 is 11.9 Å². The van der Waals surface area contributed by atoms with E-state index in [-0.39, 0.29) is 0 Å². The molecule has 0 spiro atoms. The standard InChI is InChI=1S/C12H15ClN2.C2H2O4/c13-12-6-1-8(7-14-12)10-4-2-9-3-5-11(10)15-9;3-1(4)2(5)6/h1,6-7,9-11,15H,2-5H2;(H,3,4)(H,5,6)/t9?,10-,11?;/m1./s1. The second kappa shape index (κ2) is 6.87. The number of carboxylic acids is 2. The first-order chi connectivity index (χ1) is 9.97. The van der Waals surface area contributed by atoms with Crippen LogP contribution in [0, 0.1) is 0 Å². The molecule has 3 atom stereocenters. The highest BCUT2D eigenvalue weighted by Crippen LogP contribution is 2.37. The number of hydrogen-bond donors (Lipinski definition) is 3. The molecule has 0 radical (unpaired) electrons. The molecule has 1 aromatic heterocycles. The lowest BCUT2D eigenvalue weighted by Crippen LogP contribution is -2.39. The van der Waals surface area contributed by atoms with Gasteiger partial charge in [-0.25, -0.2) is 14.6 Å². The molecule has 114 valence electrons. The van der Waals surface area contributed by atoms with Crippen LogP contribution in [0.25, 0.3) is 0 Å². The number of rotatable bonds is 1. The molecule has 3 rings (SSSR count). The van der Waals surface area contributed by atoms with Crippen molar-refractivity contribution in [2.75, 3.05) is 0 Å². The summed E-state index contributed by atoms with van der Waals surface area (Å²) in [5.41, 5.74) is 1.34. The van der Waals surface area contributed by atoms with Crippen molar-refractivity contribution in [1.82, 2.24) is 10.3 Å². The van der Waals surface area contributed by atoms with Gasteiger partial charge in [-0.05, 0) is 37.3 Å². The fraction of sp³-hybridized carbons (Fsp3) is 0.500. The normalized spacial score (nSPS) is 26.6. The number of aromatic nitrogens is 1. The summed E-state index contributed by atoms with van der Waals surface area (Å²) in [6, 6.07) is 5.48. The van der Waals surface area contributed by atoms with Gasteiger partial charge in [0.25, 0.3) is 0 Å². The first-order valence-electron chi connectivity index (χ1n) is 6.81. The first-order valence-corrected chi connectivity index (χ1v) is 7.19. The highest BCUT2D eigenvalue weighted by atomic mass is 35.5. The van der Waals surface area contributed by atoms with Crippen LogP contribution < -0.4 is 5.32 Å². The predicted octanol–water partition coefficient (Wildman–Crippen LogP) is 1.89. The van der Waals surface area contributed by atoms with Gasteiger partial charge in [-0.15, -0.1) is 0 Å². The molecule has 2 aliphatic rings. The minimum Gasteiger partial charge on any atom is -0.473 e. The van der Waals surface area contributed by atoms with Gasteiger partial charge in [-0.1, -0.05) is 17.7 Å². The highest BCUT2D eigenvalue weighted by molar-refractivity contribution is 6.29. The Bertz CT molecular complexity index is 508. The molecule has 2 bridgehead atoms. The Morgan fingerprint density at radius 3 is 2.38 bits per heavy atom. The van der Waals surface area contributed by atoms with Gasteiger partial charge in [-0.2, -0.15) is 0 Å². The molecular weight excluding hydrogens is 296 g/mol. The predicted molar refractivity (Wildman–Crippen MR) is 76.4 cm³/mol.